The number of carbonyl (C=O) groups is 6. The Kier molecular flexibility index (Phi) is 15.9. The monoisotopic (exact) mass is 807 g/mol. The first kappa shape index (κ1) is 44.9. The Morgan fingerprint density at radius 2 is 1.67 bits per heavy atom. The number of rotatable bonds is 18. The van der Waals surface area contributed by atoms with E-state index in [1.54, 1.807) is 68.6 Å². The van der Waals surface area contributed by atoms with Crippen molar-refractivity contribution in [3.63, 3.8) is 0 Å². The molecule has 0 aliphatic carbocycles. The predicted molar refractivity (Wildman–Crippen MR) is 216 cm³/mol. The Bertz CT molecular complexity index is 2040. The number of carboxylic acid groups (broad SMARTS) is 1. The molecule has 1 aromatic heterocycles. The number of hydrogen-bond donors (Lipinski definition) is 4. The van der Waals surface area contributed by atoms with Crippen LogP contribution in [0.15, 0.2) is 47.4 Å². The minimum Gasteiger partial charge on any atom is -0.477 e. The minimum atomic E-state index is -1.38. The summed E-state index contributed by atoms with van der Waals surface area (Å²) in [7, 11) is 3.29. The van der Waals surface area contributed by atoms with Crippen LogP contribution in [-0.4, -0.2) is 108 Å². The van der Waals surface area contributed by atoms with E-state index < -0.39 is 46.7 Å². The number of carboxylic acids is 1. The van der Waals surface area contributed by atoms with E-state index in [4.69, 9.17) is 10.5 Å². The van der Waals surface area contributed by atoms with Crippen LogP contribution in [0.3, 0.4) is 0 Å². The maximum absolute atomic E-state index is 15.3. The van der Waals surface area contributed by atoms with E-state index in [-0.39, 0.29) is 86.5 Å². The minimum absolute atomic E-state index is 0.0224. The Labute approximate surface area is 336 Å². The van der Waals surface area contributed by atoms with E-state index in [2.05, 4.69) is 10.6 Å². The average molecular weight is 808 g/mol. The zero-order chi connectivity index (χ0) is 42.7. The highest BCUT2D eigenvalue weighted by Crippen LogP contribution is 2.27. The van der Waals surface area contributed by atoms with Crippen LogP contribution >= 0.6 is 0 Å². The summed E-state index contributed by atoms with van der Waals surface area (Å²) in [6.07, 6.45) is 1.49. The van der Waals surface area contributed by atoms with E-state index in [0.717, 1.165) is 6.07 Å². The number of aromatic nitrogens is 1. The highest BCUT2D eigenvalue weighted by Gasteiger charge is 2.30. The smallest absolute Gasteiger partial charge is 0.410 e. The number of aryl methyl sites for hydroxylation is 1. The van der Waals surface area contributed by atoms with Crippen molar-refractivity contribution in [2.75, 3.05) is 57.0 Å². The van der Waals surface area contributed by atoms with Crippen LogP contribution in [0, 0.1) is 17.7 Å². The average Bonchev–Trinajstić information content (AvgIpc) is 3.19. The van der Waals surface area contributed by atoms with Gasteiger partial charge in [0, 0.05) is 89.3 Å². The van der Waals surface area contributed by atoms with Crippen LogP contribution in [0.1, 0.15) is 68.8 Å². The molecule has 2 atom stereocenters. The number of carbonyl (C=O) groups excluding carboxylic acids is 5. The molecule has 314 valence electrons. The summed E-state index contributed by atoms with van der Waals surface area (Å²) in [5, 5.41) is 15.0. The number of halogens is 1. The second kappa shape index (κ2) is 20.5. The van der Waals surface area contributed by atoms with E-state index in [9.17, 15) is 38.7 Å². The van der Waals surface area contributed by atoms with Gasteiger partial charge in [-0.25, -0.2) is 14.0 Å². The summed E-state index contributed by atoms with van der Waals surface area (Å²) in [4.78, 5) is 93.0. The van der Waals surface area contributed by atoms with Crippen LogP contribution in [0.5, 0.6) is 0 Å². The first-order chi connectivity index (χ1) is 27.5. The van der Waals surface area contributed by atoms with Gasteiger partial charge in [0.25, 0.3) is 0 Å². The lowest BCUT2D eigenvalue weighted by atomic mass is 9.90. The number of piperazine rings is 1. The molecule has 0 saturated carbocycles. The van der Waals surface area contributed by atoms with Crippen molar-refractivity contribution in [2.45, 2.75) is 72.1 Å². The number of ketones is 1. The third-order valence-electron chi connectivity index (χ3n) is 10.1. The van der Waals surface area contributed by atoms with E-state index in [1.807, 2.05) is 0 Å². The number of nitrogens with zero attached hydrogens (tertiary/aromatic N) is 4. The molecule has 1 aliphatic heterocycles. The van der Waals surface area contributed by atoms with Crippen molar-refractivity contribution < 1.29 is 43.0 Å². The number of fused-ring (bicyclic) bond motifs is 1. The van der Waals surface area contributed by atoms with Crippen LogP contribution in [-0.2, 0) is 37.1 Å². The fraction of sp³-hybridized carbons (Fsp3) is 0.488. The van der Waals surface area contributed by atoms with Gasteiger partial charge in [0.2, 0.25) is 23.2 Å². The van der Waals surface area contributed by atoms with Gasteiger partial charge in [-0.15, -0.1) is 0 Å². The van der Waals surface area contributed by atoms with Gasteiger partial charge in [-0.2, -0.15) is 0 Å². The second-order valence-electron chi connectivity index (χ2n) is 14.9. The number of hydrogen-bond acceptors (Lipinski definition) is 10. The van der Waals surface area contributed by atoms with Crippen molar-refractivity contribution in [3.05, 3.63) is 69.8 Å². The van der Waals surface area contributed by atoms with E-state index >= 15 is 4.39 Å². The molecular weight excluding hydrogens is 753 g/mol. The number of amides is 4. The van der Waals surface area contributed by atoms with Crippen LogP contribution < -0.4 is 26.7 Å². The molecule has 0 spiro atoms. The van der Waals surface area contributed by atoms with Gasteiger partial charge in [0.1, 0.15) is 18.0 Å². The number of ether oxygens (including phenoxy) is 1. The molecule has 4 amide bonds. The number of benzene rings is 2. The zero-order valence-electron chi connectivity index (χ0n) is 33.7. The van der Waals surface area contributed by atoms with Crippen LogP contribution in [0.25, 0.3) is 10.9 Å². The van der Waals surface area contributed by atoms with Crippen molar-refractivity contribution in [2.24, 2.45) is 17.6 Å². The number of nitrogens with one attached hydrogen (secondary N) is 2. The van der Waals surface area contributed by atoms with E-state index in [0.29, 0.717) is 42.8 Å². The zero-order valence-corrected chi connectivity index (χ0v) is 33.7. The van der Waals surface area contributed by atoms with Gasteiger partial charge in [-0.1, -0.05) is 26.0 Å². The fourth-order valence-electron chi connectivity index (χ4n) is 6.74. The van der Waals surface area contributed by atoms with Gasteiger partial charge >= 0.3 is 12.1 Å². The maximum Gasteiger partial charge on any atom is 0.410 e. The lowest BCUT2D eigenvalue weighted by molar-refractivity contribution is -0.131. The van der Waals surface area contributed by atoms with Crippen LogP contribution in [0.2, 0.25) is 0 Å². The summed E-state index contributed by atoms with van der Waals surface area (Å²) in [5.41, 5.74) is 6.37. The fourth-order valence-corrected chi connectivity index (χ4v) is 6.74. The van der Waals surface area contributed by atoms with Crippen molar-refractivity contribution in [3.8, 4) is 0 Å². The molecule has 0 unspecified atom stereocenters. The molecule has 2 aromatic carbocycles. The number of aromatic carboxylic acids is 1. The molecule has 1 aliphatic rings. The van der Waals surface area contributed by atoms with Gasteiger partial charge < -0.3 is 45.5 Å². The van der Waals surface area contributed by atoms with Crippen molar-refractivity contribution in [1.82, 2.24) is 19.7 Å². The second-order valence-corrected chi connectivity index (χ2v) is 14.9. The predicted octanol–water partition coefficient (Wildman–Crippen LogP) is 3.58. The Hall–Kier alpha value is -5.84. The molecule has 3 aromatic rings. The van der Waals surface area contributed by atoms with Gasteiger partial charge in [0.15, 0.2) is 5.78 Å². The third kappa shape index (κ3) is 11.6. The third-order valence-corrected chi connectivity index (χ3v) is 10.1. The lowest BCUT2D eigenvalue weighted by Gasteiger charge is -2.35. The SMILES string of the molecule is CCn1cc(C(=O)O)c(=O)c2cc(F)c(N3CCN(C(=O)OCc4ccc(NC(=O)[C@H](CCN)CC(=O)[C@@H](NC(=O)CCCC(=O)N(C)C)C(C)C)cc4)CC3)cc21. The van der Waals surface area contributed by atoms with Gasteiger partial charge in [0.05, 0.1) is 17.2 Å². The first-order valence-corrected chi connectivity index (χ1v) is 19.4. The first-order valence-electron chi connectivity index (χ1n) is 19.4. The number of Topliss-reactive ketones (excluding diaryl/α,β-unsaturated/α-hetero) is 1. The molecule has 5 N–H and O–H groups in total. The van der Waals surface area contributed by atoms with Gasteiger partial charge in [-0.05, 0) is 62.1 Å². The summed E-state index contributed by atoms with van der Waals surface area (Å²) in [5.74, 6) is -4.13. The molecule has 16 nitrogen and oxygen atoms in total. The van der Waals surface area contributed by atoms with E-state index in [1.165, 1.54) is 22.1 Å². The number of anilines is 2. The maximum atomic E-state index is 15.3. The van der Waals surface area contributed by atoms with Crippen LogP contribution in [0.4, 0.5) is 20.6 Å². The summed E-state index contributed by atoms with van der Waals surface area (Å²) in [6, 6.07) is 8.48. The molecule has 1 fully saturated rings. The largest absolute Gasteiger partial charge is 0.477 e. The topological polar surface area (TPSA) is 214 Å². The highest BCUT2D eigenvalue weighted by atomic mass is 19.1. The molecule has 17 heteroatoms. The molecule has 58 heavy (non-hydrogen) atoms. The summed E-state index contributed by atoms with van der Waals surface area (Å²) < 4.78 is 22.4. The van der Waals surface area contributed by atoms with Crippen molar-refractivity contribution >= 4 is 57.8 Å². The molecule has 2 heterocycles. The lowest BCUT2D eigenvalue weighted by Crippen LogP contribution is -2.49. The standard InChI is InChI=1S/C41H54FN7O9/c1-6-47-23-30(40(55)56)38(53)29-21-31(42)33(22-32(29)47)48-16-18-49(19-17-48)41(57)58-24-26-10-12-28(13-11-26)44-39(54)27(14-15-43)20-34(50)37(25(2)3)45-35(51)8-7-9-36(52)46(4)5/h10-13,21-23,25,27,37H,6-9,14-20,24,43H2,1-5H3,(H,44,54)(H,45,51)(H,55,56)/t27-,37+/m1/s1. The molecular formula is C41H54FN7O9. The Balaban J connectivity index is 1.27. The molecule has 0 radical (unpaired) electrons. The number of nitrogens with two attached hydrogens (primary N) is 1. The molecule has 0 bridgehead atoms. The number of pyridine rings is 1. The van der Waals surface area contributed by atoms with Gasteiger partial charge in [-0.3, -0.25) is 24.0 Å². The Morgan fingerprint density at radius 3 is 2.26 bits per heavy atom. The Morgan fingerprint density at radius 1 is 1.00 bits per heavy atom. The van der Waals surface area contributed by atoms with Crippen molar-refractivity contribution in [1.29, 1.82) is 0 Å². The quantitative estimate of drug-likeness (QED) is 0.146. The normalized spacial score (nSPS) is 13.9. The highest BCUT2D eigenvalue weighted by molar-refractivity contribution is 5.97. The summed E-state index contributed by atoms with van der Waals surface area (Å²) in [6.45, 7) is 6.97. The molecule has 4 rings (SSSR count). The summed E-state index contributed by atoms with van der Waals surface area (Å²) >= 11 is 0. The molecule has 1 saturated heterocycles.